The van der Waals surface area contributed by atoms with Crippen LogP contribution in [0.25, 0.3) is 11.4 Å². The lowest BCUT2D eigenvalue weighted by molar-refractivity contribution is -0.127. The van der Waals surface area contributed by atoms with E-state index in [1.807, 2.05) is 75.4 Å². The Hall–Kier alpha value is -2.99. The highest BCUT2D eigenvalue weighted by atomic mass is 16.5. The zero-order chi connectivity index (χ0) is 19.9. The Morgan fingerprint density at radius 2 is 1.82 bits per heavy atom. The maximum absolute atomic E-state index is 12.3. The molecule has 3 aromatic rings. The molecule has 0 aliphatic heterocycles. The first-order valence-electron chi connectivity index (χ1n) is 9.34. The number of nitrogens with one attached hydrogen (secondary N) is 1. The molecule has 1 aromatic heterocycles. The molecule has 6 nitrogen and oxygen atoms in total. The summed E-state index contributed by atoms with van der Waals surface area (Å²) in [5, 5.41) is 6.99. The number of carbonyl (C=O) groups excluding carboxylic acids is 1. The maximum Gasteiger partial charge on any atom is 0.249 e. The molecule has 0 bridgehead atoms. The van der Waals surface area contributed by atoms with Crippen LogP contribution in [0.5, 0.6) is 0 Å². The van der Waals surface area contributed by atoms with Crippen molar-refractivity contribution in [3.63, 3.8) is 0 Å². The molecule has 3 rings (SSSR count). The molecule has 0 spiro atoms. The van der Waals surface area contributed by atoms with E-state index in [2.05, 4.69) is 15.5 Å². The summed E-state index contributed by atoms with van der Waals surface area (Å²) in [4.78, 5) is 16.8. The Morgan fingerprint density at radius 3 is 2.50 bits per heavy atom. The first kappa shape index (κ1) is 19.8. The second-order valence-corrected chi connectivity index (χ2v) is 7.09. The number of ether oxygens (including phenoxy) is 1. The van der Waals surface area contributed by atoms with Crippen LogP contribution < -0.4 is 5.32 Å². The largest absolute Gasteiger partial charge is 0.367 e. The van der Waals surface area contributed by atoms with Crippen molar-refractivity contribution in [3.8, 4) is 11.4 Å². The summed E-state index contributed by atoms with van der Waals surface area (Å²) in [6.45, 7) is 6.36. The summed E-state index contributed by atoms with van der Waals surface area (Å²) >= 11 is 0. The van der Waals surface area contributed by atoms with Crippen LogP contribution in [0, 0.1) is 12.8 Å². The Balaban J connectivity index is 1.60. The van der Waals surface area contributed by atoms with Crippen molar-refractivity contribution in [1.82, 2.24) is 15.5 Å². The molecule has 146 valence electrons. The molecule has 0 unspecified atom stereocenters. The van der Waals surface area contributed by atoms with E-state index >= 15 is 0 Å². The Labute approximate surface area is 164 Å². The third-order valence-corrected chi connectivity index (χ3v) is 4.35. The van der Waals surface area contributed by atoms with Crippen molar-refractivity contribution in [1.29, 1.82) is 0 Å². The number of hydrogen-bond donors (Lipinski definition) is 1. The van der Waals surface area contributed by atoms with E-state index in [4.69, 9.17) is 9.26 Å². The second kappa shape index (κ2) is 9.28. The predicted octanol–water partition coefficient (Wildman–Crippen LogP) is 4.08. The van der Waals surface area contributed by atoms with Gasteiger partial charge in [-0.15, -0.1) is 0 Å². The Bertz CT molecular complexity index is 889. The van der Waals surface area contributed by atoms with E-state index in [0.29, 0.717) is 18.3 Å². The highest BCUT2D eigenvalue weighted by Crippen LogP contribution is 2.23. The van der Waals surface area contributed by atoms with Gasteiger partial charge in [-0.05, 0) is 18.4 Å². The maximum atomic E-state index is 12.3. The number of aromatic nitrogens is 2. The molecule has 1 amide bonds. The molecule has 0 saturated carbocycles. The molecule has 6 heteroatoms. The van der Waals surface area contributed by atoms with Gasteiger partial charge in [-0.2, -0.15) is 4.98 Å². The second-order valence-electron chi connectivity index (χ2n) is 7.09. The summed E-state index contributed by atoms with van der Waals surface area (Å²) in [7, 11) is 0. The number of nitrogens with zero attached hydrogens (tertiary/aromatic N) is 2. The molecular formula is C22H25N3O3. The van der Waals surface area contributed by atoms with Crippen LogP contribution in [-0.2, 0) is 16.1 Å². The normalized spacial score (nSPS) is 12.1. The van der Waals surface area contributed by atoms with Crippen LogP contribution in [0.15, 0.2) is 59.1 Å². The zero-order valence-corrected chi connectivity index (χ0v) is 16.4. The lowest BCUT2D eigenvalue weighted by Crippen LogP contribution is -2.34. The third-order valence-electron chi connectivity index (χ3n) is 4.35. The molecule has 0 saturated heterocycles. The first-order chi connectivity index (χ1) is 13.5. The summed E-state index contributed by atoms with van der Waals surface area (Å²) in [5.41, 5.74) is 3.06. The van der Waals surface area contributed by atoms with Crippen LogP contribution in [-0.4, -0.2) is 22.7 Å². The van der Waals surface area contributed by atoms with Gasteiger partial charge >= 0.3 is 0 Å². The average molecular weight is 379 g/mol. The zero-order valence-electron chi connectivity index (χ0n) is 16.4. The van der Waals surface area contributed by atoms with E-state index in [1.54, 1.807) is 0 Å². The summed E-state index contributed by atoms with van der Waals surface area (Å²) in [5.74, 6) is 0.770. The van der Waals surface area contributed by atoms with Gasteiger partial charge in [0.1, 0.15) is 12.6 Å². The van der Waals surface area contributed by atoms with Crippen LogP contribution in [0.4, 0.5) is 0 Å². The fourth-order valence-corrected chi connectivity index (χ4v) is 2.75. The first-order valence-corrected chi connectivity index (χ1v) is 9.34. The van der Waals surface area contributed by atoms with Gasteiger partial charge in [-0.3, -0.25) is 4.79 Å². The quantitative estimate of drug-likeness (QED) is 0.638. The predicted molar refractivity (Wildman–Crippen MR) is 106 cm³/mol. The standard InChI is InChI=1S/C22H25N3O3/c1-15(2)20(23-19(26)14-27-13-17-7-5-4-6-8-17)22-24-21(25-28-22)18-11-9-16(3)10-12-18/h4-12,15,20H,13-14H2,1-3H3,(H,23,26)/t20-/m1/s1. The Kier molecular flexibility index (Phi) is 6.55. The van der Waals surface area contributed by atoms with E-state index in [9.17, 15) is 4.79 Å². The van der Waals surface area contributed by atoms with Gasteiger partial charge in [0, 0.05) is 5.56 Å². The van der Waals surface area contributed by atoms with Crippen LogP contribution in [0.2, 0.25) is 0 Å². The number of rotatable bonds is 8. The van der Waals surface area contributed by atoms with E-state index in [0.717, 1.165) is 16.7 Å². The SMILES string of the molecule is Cc1ccc(-c2noc([C@H](NC(=O)COCc3ccccc3)C(C)C)n2)cc1. The molecule has 0 radical (unpaired) electrons. The van der Waals surface area contributed by atoms with Gasteiger partial charge in [0.15, 0.2) is 0 Å². The molecule has 1 N–H and O–H groups in total. The van der Waals surface area contributed by atoms with Crippen molar-refractivity contribution in [2.75, 3.05) is 6.61 Å². The highest BCUT2D eigenvalue weighted by Gasteiger charge is 2.24. The molecule has 1 heterocycles. The van der Waals surface area contributed by atoms with Gasteiger partial charge in [0.05, 0.1) is 6.61 Å². The fraction of sp³-hybridized carbons (Fsp3) is 0.318. The number of amides is 1. The average Bonchev–Trinajstić information content (AvgIpc) is 3.17. The fourth-order valence-electron chi connectivity index (χ4n) is 2.75. The number of carbonyl (C=O) groups is 1. The van der Waals surface area contributed by atoms with Gasteiger partial charge in [-0.1, -0.05) is 79.2 Å². The van der Waals surface area contributed by atoms with Crippen molar-refractivity contribution in [2.24, 2.45) is 5.92 Å². The topological polar surface area (TPSA) is 77.2 Å². The Morgan fingerprint density at radius 1 is 1.11 bits per heavy atom. The lowest BCUT2D eigenvalue weighted by Gasteiger charge is -2.18. The monoisotopic (exact) mass is 379 g/mol. The van der Waals surface area contributed by atoms with Gasteiger partial charge in [-0.25, -0.2) is 0 Å². The minimum atomic E-state index is -0.375. The number of hydrogen-bond acceptors (Lipinski definition) is 5. The molecule has 0 fully saturated rings. The highest BCUT2D eigenvalue weighted by molar-refractivity contribution is 5.77. The van der Waals surface area contributed by atoms with Gasteiger partial charge < -0.3 is 14.6 Å². The molecule has 2 aromatic carbocycles. The number of benzene rings is 2. The lowest BCUT2D eigenvalue weighted by atomic mass is 10.0. The molecular weight excluding hydrogens is 354 g/mol. The minimum absolute atomic E-state index is 0.0307. The smallest absolute Gasteiger partial charge is 0.249 e. The van der Waals surface area contributed by atoms with Crippen LogP contribution >= 0.6 is 0 Å². The van der Waals surface area contributed by atoms with Gasteiger partial charge in [0.2, 0.25) is 17.6 Å². The van der Waals surface area contributed by atoms with E-state index < -0.39 is 0 Å². The molecule has 0 aliphatic carbocycles. The van der Waals surface area contributed by atoms with Crippen molar-refractivity contribution < 1.29 is 14.1 Å². The molecule has 0 aliphatic rings. The summed E-state index contributed by atoms with van der Waals surface area (Å²) in [6.07, 6.45) is 0. The number of aryl methyl sites for hydroxylation is 1. The van der Waals surface area contributed by atoms with Gasteiger partial charge in [0.25, 0.3) is 0 Å². The molecule has 1 atom stereocenters. The van der Waals surface area contributed by atoms with Crippen molar-refractivity contribution >= 4 is 5.91 Å². The van der Waals surface area contributed by atoms with Crippen molar-refractivity contribution in [2.45, 2.75) is 33.4 Å². The van der Waals surface area contributed by atoms with Crippen molar-refractivity contribution in [3.05, 3.63) is 71.6 Å². The van der Waals surface area contributed by atoms with E-state index in [-0.39, 0.29) is 24.5 Å². The minimum Gasteiger partial charge on any atom is -0.367 e. The molecule has 28 heavy (non-hydrogen) atoms. The van der Waals surface area contributed by atoms with Crippen LogP contribution in [0.1, 0.15) is 36.9 Å². The van der Waals surface area contributed by atoms with Crippen LogP contribution in [0.3, 0.4) is 0 Å². The van der Waals surface area contributed by atoms with E-state index in [1.165, 1.54) is 0 Å². The summed E-state index contributed by atoms with van der Waals surface area (Å²) in [6, 6.07) is 17.3. The summed E-state index contributed by atoms with van der Waals surface area (Å²) < 4.78 is 10.9. The third kappa shape index (κ3) is 5.27.